The third-order valence-electron chi connectivity index (χ3n) is 4.89. The Bertz CT molecular complexity index is 906. The first-order valence-corrected chi connectivity index (χ1v) is 8.58. The molecule has 0 saturated carbocycles. The Hall–Kier alpha value is -2.67. The molecule has 0 amide bonds. The topological polar surface area (TPSA) is 90.0 Å². The van der Waals surface area contributed by atoms with E-state index >= 15 is 0 Å². The van der Waals surface area contributed by atoms with Gasteiger partial charge in [0.25, 0.3) is 0 Å². The number of nitrogens with zero attached hydrogens (tertiary/aromatic N) is 4. The summed E-state index contributed by atoms with van der Waals surface area (Å²) in [6.07, 6.45) is 5.01. The molecule has 3 aromatic rings. The molecule has 1 atom stereocenters. The molecular weight excluding hydrogens is 316 g/mol. The number of nitrogens with one attached hydrogen (secondary N) is 2. The molecule has 7 nitrogen and oxygen atoms in total. The van der Waals surface area contributed by atoms with Gasteiger partial charge in [-0.2, -0.15) is 4.98 Å². The highest BCUT2D eigenvalue weighted by Crippen LogP contribution is 2.28. The van der Waals surface area contributed by atoms with Crippen LogP contribution < -0.4 is 10.2 Å². The molecule has 1 saturated heterocycles. The van der Waals surface area contributed by atoms with Crippen molar-refractivity contribution in [1.29, 1.82) is 0 Å². The summed E-state index contributed by atoms with van der Waals surface area (Å²) in [6, 6.07) is 3.92. The van der Waals surface area contributed by atoms with Gasteiger partial charge in [-0.05, 0) is 49.9 Å². The number of rotatable bonds is 3. The van der Waals surface area contributed by atoms with E-state index < -0.39 is 0 Å². The lowest BCUT2D eigenvalue weighted by Crippen LogP contribution is -2.38. The lowest BCUT2D eigenvalue weighted by atomic mass is 10.1. The molecule has 0 aliphatic carbocycles. The maximum absolute atomic E-state index is 9.88. The number of aryl methyl sites for hydroxylation is 1. The fourth-order valence-electron chi connectivity index (χ4n) is 3.34. The van der Waals surface area contributed by atoms with Gasteiger partial charge >= 0.3 is 0 Å². The van der Waals surface area contributed by atoms with Crippen molar-refractivity contribution in [2.45, 2.75) is 32.8 Å². The second kappa shape index (κ2) is 6.33. The molecular formula is C18H22N6O. The molecule has 130 valence electrons. The number of piperidine rings is 1. The average molecular weight is 338 g/mol. The molecule has 4 rings (SSSR count). The van der Waals surface area contributed by atoms with Crippen molar-refractivity contribution in [3.63, 3.8) is 0 Å². The monoisotopic (exact) mass is 338 g/mol. The van der Waals surface area contributed by atoms with Crippen molar-refractivity contribution < 1.29 is 5.11 Å². The smallest absolute Gasteiger partial charge is 0.229 e. The second-order valence-corrected chi connectivity index (χ2v) is 6.58. The molecule has 1 unspecified atom stereocenters. The highest BCUT2D eigenvalue weighted by molar-refractivity contribution is 5.85. The van der Waals surface area contributed by atoms with Gasteiger partial charge in [-0.25, -0.2) is 9.97 Å². The van der Waals surface area contributed by atoms with E-state index in [-0.39, 0.29) is 6.10 Å². The quantitative estimate of drug-likeness (QED) is 0.680. The number of β-amino-alcohol motifs (C(OH)–C–C–N with tert-alkyl or cyclic N) is 1. The Morgan fingerprint density at radius 3 is 3.00 bits per heavy atom. The van der Waals surface area contributed by atoms with Gasteiger partial charge in [-0.15, -0.1) is 0 Å². The summed E-state index contributed by atoms with van der Waals surface area (Å²) in [5.41, 5.74) is 5.20. The van der Waals surface area contributed by atoms with Gasteiger partial charge in [0.15, 0.2) is 0 Å². The number of aliphatic hydroxyl groups is 1. The summed E-state index contributed by atoms with van der Waals surface area (Å²) in [7, 11) is 0. The molecule has 7 heteroatoms. The van der Waals surface area contributed by atoms with Crippen molar-refractivity contribution >= 4 is 28.5 Å². The fraction of sp³-hybridized carbons (Fsp3) is 0.389. The Balaban J connectivity index is 1.63. The highest BCUT2D eigenvalue weighted by atomic mass is 16.3. The van der Waals surface area contributed by atoms with E-state index in [9.17, 15) is 5.11 Å². The predicted molar refractivity (Wildman–Crippen MR) is 98.3 cm³/mol. The van der Waals surface area contributed by atoms with Crippen molar-refractivity contribution in [1.82, 2.24) is 19.9 Å². The number of aliphatic hydroxyl groups excluding tert-OH is 1. The van der Waals surface area contributed by atoms with E-state index in [4.69, 9.17) is 0 Å². The number of hydrogen-bond acceptors (Lipinski definition) is 6. The Morgan fingerprint density at radius 2 is 2.16 bits per heavy atom. The first-order chi connectivity index (χ1) is 12.1. The summed E-state index contributed by atoms with van der Waals surface area (Å²) < 4.78 is 0. The van der Waals surface area contributed by atoms with Crippen LogP contribution in [0, 0.1) is 13.8 Å². The van der Waals surface area contributed by atoms with E-state index in [1.165, 1.54) is 0 Å². The van der Waals surface area contributed by atoms with Crippen LogP contribution in [0.4, 0.5) is 17.5 Å². The zero-order valence-corrected chi connectivity index (χ0v) is 14.5. The van der Waals surface area contributed by atoms with E-state index in [2.05, 4.69) is 44.0 Å². The number of imidazole rings is 1. The summed E-state index contributed by atoms with van der Waals surface area (Å²) in [6.45, 7) is 5.66. The Morgan fingerprint density at radius 1 is 1.28 bits per heavy atom. The minimum absolute atomic E-state index is 0.284. The summed E-state index contributed by atoms with van der Waals surface area (Å²) >= 11 is 0. The normalized spacial score (nSPS) is 17.9. The number of fused-ring (bicyclic) bond motifs is 1. The summed E-state index contributed by atoms with van der Waals surface area (Å²) in [5, 5.41) is 13.2. The van der Waals surface area contributed by atoms with Crippen LogP contribution in [0.15, 0.2) is 24.7 Å². The molecule has 25 heavy (non-hydrogen) atoms. The van der Waals surface area contributed by atoms with E-state index in [0.717, 1.165) is 53.1 Å². The lowest BCUT2D eigenvalue weighted by molar-refractivity contribution is 0.154. The van der Waals surface area contributed by atoms with Gasteiger partial charge in [0.05, 0.1) is 23.5 Å². The molecule has 0 bridgehead atoms. The van der Waals surface area contributed by atoms with Crippen LogP contribution in [-0.4, -0.2) is 44.2 Å². The number of H-pyrrole nitrogens is 1. The van der Waals surface area contributed by atoms with Crippen LogP contribution in [0.25, 0.3) is 11.0 Å². The maximum Gasteiger partial charge on any atom is 0.229 e. The third kappa shape index (κ3) is 3.02. The van der Waals surface area contributed by atoms with Crippen LogP contribution in [-0.2, 0) is 0 Å². The third-order valence-corrected chi connectivity index (χ3v) is 4.89. The minimum atomic E-state index is -0.284. The Kier molecular flexibility index (Phi) is 4.01. The standard InChI is InChI=1S/C18H22N6O/c1-11-12(2)17-15(20-10-21-17)8-14(11)22-18-19-6-5-16(23-18)24-7-3-4-13(25)9-24/h5-6,8,10,13,25H,3-4,7,9H2,1-2H3,(H,20,21)(H,19,22,23). The van der Waals surface area contributed by atoms with E-state index in [0.29, 0.717) is 12.5 Å². The van der Waals surface area contributed by atoms with Gasteiger partial charge in [0.2, 0.25) is 5.95 Å². The zero-order chi connectivity index (χ0) is 17.4. The molecule has 2 aromatic heterocycles. The molecule has 3 heterocycles. The first kappa shape index (κ1) is 15.8. The molecule has 1 fully saturated rings. The lowest BCUT2D eigenvalue weighted by Gasteiger charge is -2.31. The van der Waals surface area contributed by atoms with Gasteiger partial charge in [0.1, 0.15) is 5.82 Å². The van der Waals surface area contributed by atoms with Crippen molar-refractivity contribution in [2.24, 2.45) is 0 Å². The summed E-state index contributed by atoms with van der Waals surface area (Å²) in [5.74, 6) is 1.40. The van der Waals surface area contributed by atoms with Crippen molar-refractivity contribution in [2.75, 3.05) is 23.3 Å². The SMILES string of the molecule is Cc1c(Nc2nccc(N3CCCC(O)C3)n2)cc2[nH]cnc2c1C. The van der Waals surface area contributed by atoms with E-state index in [1.807, 2.05) is 12.1 Å². The zero-order valence-electron chi connectivity index (χ0n) is 14.5. The van der Waals surface area contributed by atoms with Crippen LogP contribution in [0.1, 0.15) is 24.0 Å². The van der Waals surface area contributed by atoms with Crippen molar-refractivity contribution in [3.8, 4) is 0 Å². The number of benzene rings is 1. The maximum atomic E-state index is 9.88. The molecule has 1 aliphatic rings. The highest BCUT2D eigenvalue weighted by Gasteiger charge is 2.19. The van der Waals surface area contributed by atoms with Crippen molar-refractivity contribution in [3.05, 3.63) is 35.8 Å². The molecule has 0 spiro atoms. The summed E-state index contributed by atoms with van der Waals surface area (Å²) in [4.78, 5) is 18.6. The molecule has 3 N–H and O–H groups in total. The number of aromatic nitrogens is 4. The molecule has 1 aromatic carbocycles. The second-order valence-electron chi connectivity index (χ2n) is 6.58. The largest absolute Gasteiger partial charge is 0.391 e. The fourth-order valence-corrected chi connectivity index (χ4v) is 3.34. The van der Waals surface area contributed by atoms with Crippen LogP contribution in [0.5, 0.6) is 0 Å². The minimum Gasteiger partial charge on any atom is -0.391 e. The molecule has 0 radical (unpaired) electrons. The Labute approximate surface area is 146 Å². The molecule has 1 aliphatic heterocycles. The number of hydrogen-bond donors (Lipinski definition) is 3. The number of aromatic amines is 1. The van der Waals surface area contributed by atoms with Gasteiger partial charge in [-0.1, -0.05) is 0 Å². The first-order valence-electron chi connectivity index (χ1n) is 8.58. The average Bonchev–Trinajstić information content (AvgIpc) is 3.08. The van der Waals surface area contributed by atoms with Crippen LogP contribution in [0.3, 0.4) is 0 Å². The number of anilines is 3. The van der Waals surface area contributed by atoms with E-state index in [1.54, 1.807) is 12.5 Å². The van der Waals surface area contributed by atoms with Gasteiger partial charge in [-0.3, -0.25) is 0 Å². The van der Waals surface area contributed by atoms with Crippen LogP contribution in [0.2, 0.25) is 0 Å². The predicted octanol–water partition coefficient (Wildman–Crippen LogP) is 2.67. The van der Waals surface area contributed by atoms with Gasteiger partial charge < -0.3 is 20.3 Å². The van der Waals surface area contributed by atoms with Gasteiger partial charge in [0, 0.05) is 25.0 Å². The van der Waals surface area contributed by atoms with Crippen LogP contribution >= 0.6 is 0 Å².